The van der Waals surface area contributed by atoms with Crippen molar-refractivity contribution in [1.82, 2.24) is 0 Å². The van der Waals surface area contributed by atoms with Crippen LogP contribution in [0.3, 0.4) is 0 Å². The molecule has 0 saturated heterocycles. The molecule has 1 heterocycles. The quantitative estimate of drug-likeness (QED) is 0.629. The summed E-state index contributed by atoms with van der Waals surface area (Å²) in [6, 6.07) is 20.8. The predicted molar refractivity (Wildman–Crippen MR) is 113 cm³/mol. The van der Waals surface area contributed by atoms with E-state index in [1.165, 1.54) is 11.8 Å². The van der Waals surface area contributed by atoms with Crippen LogP contribution < -0.4 is 10.6 Å². The van der Waals surface area contributed by atoms with Gasteiger partial charge < -0.3 is 15.4 Å². The number of carbonyl (C=O) groups excluding carboxylic acids is 3. The second kappa shape index (κ2) is 8.36. The van der Waals surface area contributed by atoms with E-state index in [2.05, 4.69) is 10.6 Å². The number of hydrogen-bond acceptors (Lipinski definition) is 5. The Morgan fingerprint density at radius 1 is 1.00 bits per heavy atom. The molecule has 3 aromatic carbocycles. The predicted octanol–water partition coefficient (Wildman–Crippen LogP) is 3.82. The Hall–Kier alpha value is -3.32. The van der Waals surface area contributed by atoms with Gasteiger partial charge in [-0.2, -0.15) is 0 Å². The summed E-state index contributed by atoms with van der Waals surface area (Å²) >= 11 is 1.32. The summed E-state index contributed by atoms with van der Waals surface area (Å²) in [5.74, 6) is -1.27. The lowest BCUT2D eigenvalue weighted by atomic mass is 10.1. The molecule has 0 aliphatic carbocycles. The topological polar surface area (TPSA) is 84.5 Å². The molecule has 3 aromatic rings. The van der Waals surface area contributed by atoms with Crippen LogP contribution in [0.2, 0.25) is 0 Å². The zero-order chi connectivity index (χ0) is 20.2. The molecule has 146 valence electrons. The minimum atomic E-state index is -0.592. The molecule has 29 heavy (non-hydrogen) atoms. The number of thioether (sulfide) groups is 1. The highest BCUT2D eigenvalue weighted by atomic mass is 32.2. The van der Waals surface area contributed by atoms with Crippen LogP contribution in [0.5, 0.6) is 0 Å². The van der Waals surface area contributed by atoms with E-state index in [9.17, 15) is 14.4 Å². The van der Waals surface area contributed by atoms with Crippen molar-refractivity contribution in [2.75, 3.05) is 17.2 Å². The minimum Gasteiger partial charge on any atom is -0.456 e. The van der Waals surface area contributed by atoms with E-state index in [4.69, 9.17) is 4.74 Å². The molecular weight excluding hydrogens is 388 g/mol. The van der Waals surface area contributed by atoms with Crippen LogP contribution in [0.15, 0.2) is 71.6 Å². The molecule has 1 aliphatic heterocycles. The van der Waals surface area contributed by atoms with E-state index in [0.717, 1.165) is 21.4 Å². The van der Waals surface area contributed by atoms with E-state index in [1.807, 2.05) is 60.7 Å². The van der Waals surface area contributed by atoms with Crippen LogP contribution in [0, 0.1) is 0 Å². The molecular formula is C22H18N2O4S. The fraction of sp³-hybridized carbons (Fsp3) is 0.136. The Morgan fingerprint density at radius 3 is 2.62 bits per heavy atom. The van der Waals surface area contributed by atoms with Crippen LogP contribution in [-0.4, -0.2) is 29.6 Å². The van der Waals surface area contributed by atoms with Gasteiger partial charge in [0.05, 0.1) is 17.4 Å². The largest absolute Gasteiger partial charge is 0.456 e. The third kappa shape index (κ3) is 4.57. The van der Waals surface area contributed by atoms with Crippen molar-refractivity contribution in [3.63, 3.8) is 0 Å². The summed E-state index contributed by atoms with van der Waals surface area (Å²) in [5, 5.41) is 6.99. The number of rotatable bonds is 5. The third-order valence-electron chi connectivity index (χ3n) is 4.46. The van der Waals surface area contributed by atoms with Gasteiger partial charge in [0.2, 0.25) is 5.91 Å². The number of ether oxygens (including phenoxy) is 1. The molecule has 6 nitrogen and oxygen atoms in total. The lowest BCUT2D eigenvalue weighted by molar-refractivity contribution is -0.147. The van der Waals surface area contributed by atoms with Crippen molar-refractivity contribution < 1.29 is 19.1 Å². The molecule has 0 bridgehead atoms. The summed E-state index contributed by atoms with van der Waals surface area (Å²) in [4.78, 5) is 37.3. The van der Waals surface area contributed by atoms with Crippen molar-refractivity contribution in [3.05, 3.63) is 66.7 Å². The average Bonchev–Trinajstić information content (AvgIpc) is 2.73. The number of hydrogen-bond donors (Lipinski definition) is 2. The summed E-state index contributed by atoms with van der Waals surface area (Å²) < 4.78 is 5.06. The molecule has 1 aliphatic rings. The average molecular weight is 406 g/mol. The zero-order valence-electron chi connectivity index (χ0n) is 15.4. The normalized spacial score (nSPS) is 15.3. The monoisotopic (exact) mass is 406 g/mol. The maximum atomic E-state index is 12.2. The van der Waals surface area contributed by atoms with E-state index in [-0.39, 0.29) is 12.3 Å². The fourth-order valence-electron chi connectivity index (χ4n) is 3.05. The number of esters is 1. The van der Waals surface area contributed by atoms with Crippen LogP contribution >= 0.6 is 11.8 Å². The van der Waals surface area contributed by atoms with Crippen LogP contribution in [0.25, 0.3) is 10.8 Å². The van der Waals surface area contributed by atoms with E-state index in [1.54, 1.807) is 6.07 Å². The van der Waals surface area contributed by atoms with Gasteiger partial charge in [0.1, 0.15) is 0 Å². The summed E-state index contributed by atoms with van der Waals surface area (Å²) in [7, 11) is 0. The Labute approximate surface area is 171 Å². The first-order chi connectivity index (χ1) is 14.1. The lowest BCUT2D eigenvalue weighted by Gasteiger charge is -2.23. The van der Waals surface area contributed by atoms with Gasteiger partial charge in [-0.05, 0) is 35.0 Å². The molecule has 0 unspecified atom stereocenters. The number of nitrogens with one attached hydrogen (secondary N) is 2. The van der Waals surface area contributed by atoms with Gasteiger partial charge in [-0.3, -0.25) is 14.4 Å². The molecule has 1 atom stereocenters. The number of carbonyl (C=O) groups is 3. The molecule has 0 radical (unpaired) electrons. The maximum Gasteiger partial charge on any atom is 0.307 e. The van der Waals surface area contributed by atoms with E-state index in [0.29, 0.717) is 5.69 Å². The van der Waals surface area contributed by atoms with Gasteiger partial charge in [0.15, 0.2) is 6.61 Å². The zero-order valence-corrected chi connectivity index (χ0v) is 16.2. The van der Waals surface area contributed by atoms with Gasteiger partial charge >= 0.3 is 5.97 Å². The Morgan fingerprint density at radius 2 is 1.76 bits per heavy atom. The minimum absolute atomic E-state index is 0.103. The van der Waals surface area contributed by atoms with Crippen molar-refractivity contribution in [2.45, 2.75) is 16.6 Å². The molecule has 0 saturated carbocycles. The SMILES string of the molecule is O=C(COC(=O)C[C@@H]1Sc2ccccc2NC1=O)Nc1ccc2ccccc2c1. The van der Waals surface area contributed by atoms with Crippen LogP contribution in [0.1, 0.15) is 6.42 Å². The fourth-order valence-corrected chi connectivity index (χ4v) is 4.14. The highest BCUT2D eigenvalue weighted by molar-refractivity contribution is 8.01. The first kappa shape index (κ1) is 19.0. The van der Waals surface area contributed by atoms with Crippen LogP contribution in [0.4, 0.5) is 11.4 Å². The first-order valence-corrected chi connectivity index (χ1v) is 9.97. The smallest absolute Gasteiger partial charge is 0.307 e. The molecule has 7 heteroatoms. The number of para-hydroxylation sites is 1. The number of benzene rings is 3. The molecule has 4 rings (SSSR count). The highest BCUT2D eigenvalue weighted by Crippen LogP contribution is 2.36. The first-order valence-electron chi connectivity index (χ1n) is 9.09. The Balaban J connectivity index is 1.29. The van der Waals surface area contributed by atoms with Crippen molar-refractivity contribution in [3.8, 4) is 0 Å². The van der Waals surface area contributed by atoms with E-state index >= 15 is 0 Å². The number of amides is 2. The van der Waals surface area contributed by atoms with Crippen molar-refractivity contribution in [2.24, 2.45) is 0 Å². The third-order valence-corrected chi connectivity index (χ3v) is 5.73. The number of anilines is 2. The summed E-state index contributed by atoms with van der Waals surface area (Å²) in [5.41, 5.74) is 1.37. The molecule has 2 amide bonds. The van der Waals surface area contributed by atoms with Gasteiger partial charge in [-0.1, -0.05) is 42.5 Å². The summed E-state index contributed by atoms with van der Waals surface area (Å²) in [6.45, 7) is -0.402. The van der Waals surface area contributed by atoms with E-state index < -0.39 is 23.7 Å². The van der Waals surface area contributed by atoms with Crippen molar-refractivity contribution in [1.29, 1.82) is 0 Å². The number of fused-ring (bicyclic) bond motifs is 2. The highest BCUT2D eigenvalue weighted by Gasteiger charge is 2.29. The molecule has 0 aromatic heterocycles. The standard InChI is InChI=1S/C22H18N2O4S/c25-20(23-16-10-9-14-5-1-2-6-15(14)11-16)13-28-21(26)12-19-22(27)24-17-7-3-4-8-18(17)29-19/h1-11,19H,12-13H2,(H,23,25)(H,24,27)/t19-/m0/s1. The van der Waals surface area contributed by atoms with Crippen LogP contribution in [-0.2, 0) is 19.1 Å². The molecule has 0 fully saturated rings. The maximum absolute atomic E-state index is 12.2. The summed E-state index contributed by atoms with van der Waals surface area (Å²) in [6.07, 6.45) is -0.103. The van der Waals surface area contributed by atoms with Gasteiger partial charge in [-0.25, -0.2) is 0 Å². The Bertz CT molecular complexity index is 1100. The van der Waals surface area contributed by atoms with Gasteiger partial charge in [-0.15, -0.1) is 11.8 Å². The van der Waals surface area contributed by atoms with Crippen molar-refractivity contribution >= 4 is 51.7 Å². The second-order valence-corrected chi connectivity index (χ2v) is 7.81. The molecule has 2 N–H and O–H groups in total. The lowest BCUT2D eigenvalue weighted by Crippen LogP contribution is -2.32. The second-order valence-electron chi connectivity index (χ2n) is 6.57. The Kier molecular flexibility index (Phi) is 5.48. The molecule has 0 spiro atoms. The van der Waals surface area contributed by atoms with Gasteiger partial charge in [0.25, 0.3) is 5.91 Å². The van der Waals surface area contributed by atoms with Gasteiger partial charge in [0, 0.05) is 10.6 Å².